The Labute approximate surface area is 117 Å². The van der Waals surface area contributed by atoms with E-state index in [2.05, 4.69) is 56.1 Å². The van der Waals surface area contributed by atoms with Crippen molar-refractivity contribution in [2.75, 3.05) is 13.6 Å². The normalized spacial score (nSPS) is 28.0. The summed E-state index contributed by atoms with van der Waals surface area (Å²) in [7, 11) is 2.15. The van der Waals surface area contributed by atoms with Crippen LogP contribution in [-0.4, -0.2) is 35.7 Å². The van der Waals surface area contributed by atoms with E-state index in [1.807, 2.05) is 0 Å². The second kappa shape index (κ2) is 6.53. The predicted molar refractivity (Wildman–Crippen MR) is 80.3 cm³/mol. The molecule has 0 aromatic heterocycles. The minimum Gasteiger partial charge on any atom is -0.391 e. The maximum atomic E-state index is 10.3. The quantitative estimate of drug-likeness (QED) is 0.899. The van der Waals surface area contributed by atoms with Gasteiger partial charge in [-0.3, -0.25) is 0 Å². The molecular formula is C17H27NO. The van der Waals surface area contributed by atoms with Gasteiger partial charge in [0.1, 0.15) is 0 Å². The lowest BCUT2D eigenvalue weighted by Gasteiger charge is -2.39. The molecule has 1 fully saturated rings. The van der Waals surface area contributed by atoms with Crippen LogP contribution in [0.4, 0.5) is 0 Å². The SMILES string of the molecule is CC(C)CN(C)C1CC(c2ccccc2)CCC1O. The smallest absolute Gasteiger partial charge is 0.0695 e. The fourth-order valence-electron chi connectivity index (χ4n) is 3.34. The van der Waals surface area contributed by atoms with Crippen LogP contribution in [0.25, 0.3) is 0 Å². The van der Waals surface area contributed by atoms with Crippen molar-refractivity contribution in [1.82, 2.24) is 4.90 Å². The Kier molecular flexibility index (Phi) is 5.00. The molecule has 1 aliphatic rings. The van der Waals surface area contributed by atoms with Crippen LogP contribution < -0.4 is 0 Å². The first kappa shape index (κ1) is 14.5. The van der Waals surface area contributed by atoms with Crippen LogP contribution in [-0.2, 0) is 0 Å². The Morgan fingerprint density at radius 3 is 2.53 bits per heavy atom. The van der Waals surface area contributed by atoms with Crippen molar-refractivity contribution in [2.24, 2.45) is 5.92 Å². The largest absolute Gasteiger partial charge is 0.391 e. The summed E-state index contributed by atoms with van der Waals surface area (Å²) < 4.78 is 0. The van der Waals surface area contributed by atoms with E-state index in [-0.39, 0.29) is 6.10 Å². The van der Waals surface area contributed by atoms with Crippen molar-refractivity contribution in [2.45, 2.75) is 51.2 Å². The minimum atomic E-state index is -0.163. The van der Waals surface area contributed by atoms with Crippen molar-refractivity contribution in [3.05, 3.63) is 35.9 Å². The van der Waals surface area contributed by atoms with E-state index in [0.717, 1.165) is 25.8 Å². The number of hydrogen-bond acceptors (Lipinski definition) is 2. The predicted octanol–water partition coefficient (Wildman–Crippen LogP) is 3.27. The Balaban J connectivity index is 2.03. The highest BCUT2D eigenvalue weighted by molar-refractivity contribution is 5.20. The molecule has 2 heteroatoms. The Morgan fingerprint density at radius 1 is 1.21 bits per heavy atom. The molecule has 3 atom stereocenters. The molecule has 0 aliphatic heterocycles. The summed E-state index contributed by atoms with van der Waals surface area (Å²) in [6, 6.07) is 11.1. The van der Waals surface area contributed by atoms with Gasteiger partial charge in [0.2, 0.25) is 0 Å². The van der Waals surface area contributed by atoms with Gasteiger partial charge in [-0.05, 0) is 43.7 Å². The molecule has 1 aromatic rings. The van der Waals surface area contributed by atoms with Crippen molar-refractivity contribution in [3.8, 4) is 0 Å². The molecule has 1 N–H and O–H groups in total. The Hall–Kier alpha value is -0.860. The van der Waals surface area contributed by atoms with Crippen LogP contribution in [0, 0.1) is 5.92 Å². The highest BCUT2D eigenvalue weighted by Crippen LogP contribution is 2.35. The molecule has 0 spiro atoms. The van der Waals surface area contributed by atoms with Crippen LogP contribution in [0.1, 0.15) is 44.6 Å². The molecule has 106 valence electrons. The summed E-state index contributed by atoms with van der Waals surface area (Å²) in [5.74, 6) is 1.25. The summed E-state index contributed by atoms with van der Waals surface area (Å²) in [5.41, 5.74) is 1.43. The average molecular weight is 261 g/mol. The molecule has 0 saturated heterocycles. The van der Waals surface area contributed by atoms with Gasteiger partial charge in [-0.25, -0.2) is 0 Å². The zero-order chi connectivity index (χ0) is 13.8. The molecule has 3 unspecified atom stereocenters. The molecule has 1 saturated carbocycles. The zero-order valence-electron chi connectivity index (χ0n) is 12.4. The van der Waals surface area contributed by atoms with E-state index in [0.29, 0.717) is 17.9 Å². The van der Waals surface area contributed by atoms with Crippen molar-refractivity contribution in [3.63, 3.8) is 0 Å². The van der Waals surface area contributed by atoms with Crippen LogP contribution in [0.3, 0.4) is 0 Å². The van der Waals surface area contributed by atoms with Crippen LogP contribution in [0.5, 0.6) is 0 Å². The van der Waals surface area contributed by atoms with Crippen LogP contribution in [0.15, 0.2) is 30.3 Å². The third kappa shape index (κ3) is 3.80. The highest BCUT2D eigenvalue weighted by Gasteiger charge is 2.32. The van der Waals surface area contributed by atoms with Gasteiger partial charge in [0.15, 0.2) is 0 Å². The lowest BCUT2D eigenvalue weighted by molar-refractivity contribution is 0.0212. The third-order valence-electron chi connectivity index (χ3n) is 4.27. The molecule has 0 bridgehead atoms. The van der Waals surface area contributed by atoms with Crippen molar-refractivity contribution < 1.29 is 5.11 Å². The van der Waals surface area contributed by atoms with Gasteiger partial charge in [0.25, 0.3) is 0 Å². The molecule has 0 heterocycles. The van der Waals surface area contributed by atoms with Gasteiger partial charge in [-0.2, -0.15) is 0 Å². The standard InChI is InChI=1S/C17H27NO/c1-13(2)12-18(3)16-11-15(9-10-17(16)19)14-7-5-4-6-8-14/h4-8,13,15-17,19H,9-12H2,1-3H3. The Bertz CT molecular complexity index is 376. The van der Waals surface area contributed by atoms with E-state index in [4.69, 9.17) is 0 Å². The highest BCUT2D eigenvalue weighted by atomic mass is 16.3. The lowest BCUT2D eigenvalue weighted by atomic mass is 9.79. The van der Waals surface area contributed by atoms with Gasteiger partial charge >= 0.3 is 0 Å². The third-order valence-corrected chi connectivity index (χ3v) is 4.27. The van der Waals surface area contributed by atoms with E-state index < -0.39 is 0 Å². The monoisotopic (exact) mass is 261 g/mol. The van der Waals surface area contributed by atoms with Crippen molar-refractivity contribution >= 4 is 0 Å². The fraction of sp³-hybridized carbons (Fsp3) is 0.647. The molecular weight excluding hydrogens is 234 g/mol. The van der Waals surface area contributed by atoms with E-state index in [9.17, 15) is 5.11 Å². The molecule has 1 aliphatic carbocycles. The number of benzene rings is 1. The van der Waals surface area contributed by atoms with Gasteiger partial charge in [-0.15, -0.1) is 0 Å². The van der Waals surface area contributed by atoms with E-state index in [1.165, 1.54) is 5.56 Å². The lowest BCUT2D eigenvalue weighted by Crippen LogP contribution is -2.46. The molecule has 19 heavy (non-hydrogen) atoms. The molecule has 2 nitrogen and oxygen atoms in total. The maximum absolute atomic E-state index is 10.3. The Morgan fingerprint density at radius 2 is 1.89 bits per heavy atom. The molecule has 1 aromatic carbocycles. The topological polar surface area (TPSA) is 23.5 Å². The number of likely N-dealkylation sites (N-methyl/N-ethyl adjacent to an activating group) is 1. The summed E-state index contributed by atoms with van der Waals surface area (Å²) in [6.07, 6.45) is 2.95. The summed E-state index contributed by atoms with van der Waals surface area (Å²) in [5, 5.41) is 10.3. The van der Waals surface area contributed by atoms with Gasteiger partial charge in [0, 0.05) is 12.6 Å². The molecule has 0 radical (unpaired) electrons. The molecule has 2 rings (SSSR count). The minimum absolute atomic E-state index is 0.163. The number of hydrogen-bond donors (Lipinski definition) is 1. The number of nitrogens with zero attached hydrogens (tertiary/aromatic N) is 1. The van der Waals surface area contributed by atoms with E-state index >= 15 is 0 Å². The number of rotatable bonds is 4. The van der Waals surface area contributed by atoms with Gasteiger partial charge in [0.05, 0.1) is 6.10 Å². The average Bonchev–Trinajstić information content (AvgIpc) is 2.39. The van der Waals surface area contributed by atoms with Gasteiger partial charge in [-0.1, -0.05) is 44.2 Å². The zero-order valence-corrected chi connectivity index (χ0v) is 12.4. The summed E-state index contributed by atoms with van der Waals surface area (Å²) in [6.45, 7) is 5.53. The number of aliphatic hydroxyl groups is 1. The van der Waals surface area contributed by atoms with E-state index in [1.54, 1.807) is 0 Å². The molecule has 0 amide bonds. The van der Waals surface area contributed by atoms with Gasteiger partial charge < -0.3 is 10.0 Å². The second-order valence-corrected chi connectivity index (χ2v) is 6.39. The number of aliphatic hydroxyl groups excluding tert-OH is 1. The maximum Gasteiger partial charge on any atom is 0.0695 e. The van der Waals surface area contributed by atoms with Crippen LogP contribution >= 0.6 is 0 Å². The first-order valence-corrected chi connectivity index (χ1v) is 7.51. The van der Waals surface area contributed by atoms with Crippen LogP contribution in [0.2, 0.25) is 0 Å². The summed E-state index contributed by atoms with van der Waals surface area (Å²) in [4.78, 5) is 2.35. The fourth-order valence-corrected chi connectivity index (χ4v) is 3.34. The first-order chi connectivity index (χ1) is 9.08. The summed E-state index contributed by atoms with van der Waals surface area (Å²) >= 11 is 0. The first-order valence-electron chi connectivity index (χ1n) is 7.51. The van der Waals surface area contributed by atoms with Crippen molar-refractivity contribution in [1.29, 1.82) is 0 Å². The second-order valence-electron chi connectivity index (χ2n) is 6.39.